The molecule has 4 N–H and O–H groups in total. The van der Waals surface area contributed by atoms with Crippen LogP contribution in [0.15, 0.2) is 54.7 Å². The van der Waals surface area contributed by atoms with Crippen molar-refractivity contribution in [1.29, 1.82) is 0 Å². The minimum atomic E-state index is -0.462. The zero-order valence-electron chi connectivity index (χ0n) is 20.1. The molecule has 0 aliphatic carbocycles. The molecule has 3 aromatic rings. The molecular formula is C26H30N6O3. The molecule has 2 heterocycles. The molecule has 0 fully saturated rings. The summed E-state index contributed by atoms with van der Waals surface area (Å²) >= 11 is 0. The van der Waals surface area contributed by atoms with Crippen molar-refractivity contribution in [2.45, 2.75) is 32.4 Å². The Bertz CT molecular complexity index is 1210. The lowest BCUT2D eigenvalue weighted by Crippen LogP contribution is -2.34. The van der Waals surface area contributed by atoms with E-state index in [1.165, 1.54) is 6.20 Å². The van der Waals surface area contributed by atoms with Gasteiger partial charge in [-0.3, -0.25) is 9.59 Å². The molecule has 9 heteroatoms. The van der Waals surface area contributed by atoms with Crippen molar-refractivity contribution < 1.29 is 14.7 Å². The number of hydrogen-bond acceptors (Lipinski definition) is 7. The molecular weight excluding hydrogens is 444 g/mol. The molecule has 1 atom stereocenters. The van der Waals surface area contributed by atoms with E-state index in [4.69, 9.17) is 0 Å². The standard InChI is InChI=1S/C26H30N6O3/c1-16(2)28-24(34)21-14-27-26(31-23(21)30-22(15-33)17-7-5-4-6-8-17)29-19-9-10-20-18(13-19)11-12-32(3)25(20)35/h4-10,13-14,16,22,33H,11-12,15H2,1-3H3,(H,28,34)(H2,27,29,30,31)/t22-/m1/s1. The molecule has 4 rings (SSSR count). The van der Waals surface area contributed by atoms with Crippen LogP contribution < -0.4 is 16.0 Å². The highest BCUT2D eigenvalue weighted by Crippen LogP contribution is 2.26. The number of nitrogens with one attached hydrogen (secondary N) is 3. The van der Waals surface area contributed by atoms with E-state index in [9.17, 15) is 14.7 Å². The van der Waals surface area contributed by atoms with Crippen LogP contribution in [-0.4, -0.2) is 58.0 Å². The first-order valence-corrected chi connectivity index (χ1v) is 11.6. The molecule has 0 spiro atoms. The van der Waals surface area contributed by atoms with E-state index >= 15 is 0 Å². The molecule has 1 aliphatic heterocycles. The van der Waals surface area contributed by atoms with Crippen LogP contribution in [0.25, 0.3) is 0 Å². The lowest BCUT2D eigenvalue weighted by Gasteiger charge is -2.25. The monoisotopic (exact) mass is 474 g/mol. The maximum atomic E-state index is 12.8. The summed E-state index contributed by atoms with van der Waals surface area (Å²) in [6, 6.07) is 14.5. The largest absolute Gasteiger partial charge is 0.394 e. The summed E-state index contributed by atoms with van der Waals surface area (Å²) in [5.41, 5.74) is 3.55. The number of carbonyl (C=O) groups is 2. The van der Waals surface area contributed by atoms with Crippen LogP contribution in [0, 0.1) is 0 Å². The summed E-state index contributed by atoms with van der Waals surface area (Å²) in [7, 11) is 1.80. The van der Waals surface area contributed by atoms with E-state index in [2.05, 4.69) is 25.9 Å². The number of rotatable bonds is 8. The van der Waals surface area contributed by atoms with Gasteiger partial charge in [0.05, 0.1) is 12.6 Å². The summed E-state index contributed by atoms with van der Waals surface area (Å²) < 4.78 is 0. The second-order valence-corrected chi connectivity index (χ2v) is 8.85. The van der Waals surface area contributed by atoms with Crippen LogP contribution in [0.3, 0.4) is 0 Å². The Kier molecular flexibility index (Phi) is 7.26. The Morgan fingerprint density at radius 3 is 2.66 bits per heavy atom. The Balaban J connectivity index is 1.63. The fourth-order valence-corrected chi connectivity index (χ4v) is 3.95. The zero-order valence-corrected chi connectivity index (χ0v) is 20.1. The van der Waals surface area contributed by atoms with Gasteiger partial charge in [-0.2, -0.15) is 4.98 Å². The van der Waals surface area contributed by atoms with Crippen molar-refractivity contribution in [2.75, 3.05) is 30.8 Å². The number of hydrogen-bond donors (Lipinski definition) is 4. The highest BCUT2D eigenvalue weighted by atomic mass is 16.3. The first kappa shape index (κ1) is 24.2. The average molecular weight is 475 g/mol. The first-order valence-electron chi connectivity index (χ1n) is 11.6. The van der Waals surface area contributed by atoms with Gasteiger partial charge in [-0.1, -0.05) is 30.3 Å². The second-order valence-electron chi connectivity index (χ2n) is 8.85. The maximum Gasteiger partial charge on any atom is 0.256 e. The molecule has 2 amide bonds. The van der Waals surface area contributed by atoms with Crippen molar-refractivity contribution in [3.05, 3.63) is 77.0 Å². The number of aromatic nitrogens is 2. The molecule has 35 heavy (non-hydrogen) atoms. The number of aliphatic hydroxyl groups excluding tert-OH is 1. The number of likely N-dealkylation sites (N-methyl/N-ethyl adjacent to an activating group) is 1. The quantitative estimate of drug-likeness (QED) is 0.396. The highest BCUT2D eigenvalue weighted by Gasteiger charge is 2.22. The fraction of sp³-hybridized carbons (Fsp3) is 0.308. The van der Waals surface area contributed by atoms with E-state index < -0.39 is 6.04 Å². The molecule has 0 radical (unpaired) electrons. The van der Waals surface area contributed by atoms with Crippen LogP contribution in [0.5, 0.6) is 0 Å². The maximum absolute atomic E-state index is 12.8. The third-order valence-electron chi connectivity index (χ3n) is 5.80. The third-order valence-corrected chi connectivity index (χ3v) is 5.80. The summed E-state index contributed by atoms with van der Waals surface area (Å²) in [5.74, 6) is 0.295. The first-order chi connectivity index (χ1) is 16.9. The fourth-order valence-electron chi connectivity index (χ4n) is 3.95. The SMILES string of the molecule is CC(C)NC(=O)c1cnc(Nc2ccc3c(c2)CCN(C)C3=O)nc1N[C@H](CO)c1ccccc1. The van der Waals surface area contributed by atoms with Crippen molar-refractivity contribution in [3.8, 4) is 0 Å². The van der Waals surface area contributed by atoms with Crippen molar-refractivity contribution in [3.63, 3.8) is 0 Å². The van der Waals surface area contributed by atoms with Gasteiger partial charge in [-0.25, -0.2) is 4.98 Å². The molecule has 9 nitrogen and oxygen atoms in total. The van der Waals surface area contributed by atoms with Gasteiger partial charge in [0.1, 0.15) is 11.4 Å². The number of nitrogens with zero attached hydrogens (tertiary/aromatic N) is 3. The lowest BCUT2D eigenvalue weighted by molar-refractivity contribution is 0.0780. The molecule has 0 bridgehead atoms. The average Bonchev–Trinajstić information content (AvgIpc) is 2.85. The number of amides is 2. The summed E-state index contributed by atoms with van der Waals surface area (Å²) in [5, 5.41) is 19.3. The lowest BCUT2D eigenvalue weighted by atomic mass is 9.99. The topological polar surface area (TPSA) is 119 Å². The van der Waals surface area contributed by atoms with E-state index in [1.807, 2.05) is 56.3 Å². The summed E-state index contributed by atoms with van der Waals surface area (Å²) in [6.07, 6.45) is 2.23. The van der Waals surface area contributed by atoms with Crippen molar-refractivity contribution in [2.24, 2.45) is 0 Å². The molecule has 0 saturated carbocycles. The van der Waals surface area contributed by atoms with Gasteiger partial charge in [0.2, 0.25) is 5.95 Å². The minimum Gasteiger partial charge on any atom is -0.394 e. The molecule has 1 aliphatic rings. The highest BCUT2D eigenvalue weighted by molar-refractivity contribution is 5.99. The van der Waals surface area contributed by atoms with Crippen molar-refractivity contribution in [1.82, 2.24) is 20.2 Å². The molecule has 0 saturated heterocycles. The molecule has 2 aromatic carbocycles. The Labute approximate surface area is 204 Å². The molecule has 182 valence electrons. The number of carbonyl (C=O) groups excluding carboxylic acids is 2. The van der Waals surface area contributed by atoms with Crippen LogP contribution in [0.2, 0.25) is 0 Å². The van der Waals surface area contributed by atoms with E-state index in [-0.39, 0.29) is 36.0 Å². The van der Waals surface area contributed by atoms with Crippen LogP contribution in [0.1, 0.15) is 51.7 Å². The van der Waals surface area contributed by atoms with Gasteiger partial charge in [0.15, 0.2) is 0 Å². The van der Waals surface area contributed by atoms with Crippen LogP contribution in [0.4, 0.5) is 17.5 Å². The summed E-state index contributed by atoms with van der Waals surface area (Å²) in [6.45, 7) is 4.23. The van der Waals surface area contributed by atoms with Gasteiger partial charge in [-0.05, 0) is 49.6 Å². The number of aliphatic hydroxyl groups is 1. The molecule has 1 aromatic heterocycles. The Morgan fingerprint density at radius 2 is 1.94 bits per heavy atom. The van der Waals surface area contributed by atoms with E-state index in [0.29, 0.717) is 17.9 Å². The third kappa shape index (κ3) is 5.58. The Morgan fingerprint density at radius 1 is 1.17 bits per heavy atom. The van der Waals surface area contributed by atoms with Gasteiger partial charge in [-0.15, -0.1) is 0 Å². The number of benzene rings is 2. The minimum absolute atomic E-state index is 0.0111. The van der Waals surface area contributed by atoms with Gasteiger partial charge < -0.3 is 26.0 Å². The van der Waals surface area contributed by atoms with Gasteiger partial charge >= 0.3 is 0 Å². The second kappa shape index (κ2) is 10.5. The summed E-state index contributed by atoms with van der Waals surface area (Å²) in [4.78, 5) is 35.8. The van der Waals surface area contributed by atoms with Gasteiger partial charge in [0, 0.05) is 37.1 Å². The Hall–Kier alpha value is -3.98. The van der Waals surface area contributed by atoms with Crippen LogP contribution in [-0.2, 0) is 6.42 Å². The normalized spacial score (nSPS) is 13.9. The van der Waals surface area contributed by atoms with Crippen molar-refractivity contribution >= 4 is 29.3 Å². The number of fused-ring (bicyclic) bond motifs is 1. The van der Waals surface area contributed by atoms with E-state index in [1.54, 1.807) is 18.0 Å². The van der Waals surface area contributed by atoms with Gasteiger partial charge in [0.25, 0.3) is 11.8 Å². The predicted octanol–water partition coefficient (Wildman–Crippen LogP) is 3.13. The smallest absolute Gasteiger partial charge is 0.256 e. The van der Waals surface area contributed by atoms with Crippen LogP contribution >= 0.6 is 0 Å². The molecule has 0 unspecified atom stereocenters. The number of anilines is 3. The zero-order chi connectivity index (χ0) is 24.9. The predicted molar refractivity (Wildman–Crippen MR) is 135 cm³/mol. The van der Waals surface area contributed by atoms with E-state index in [0.717, 1.165) is 23.2 Å².